The second-order valence-corrected chi connectivity index (χ2v) is 7.53. The maximum Gasteiger partial charge on any atom is 0.247 e. The SMILES string of the molecule is COc1cccc(C2CNNC2C2CCN(C(=O)C(CO)NC(C)=O)CC2)c1. The minimum absolute atomic E-state index is 0.210. The van der Waals surface area contributed by atoms with E-state index in [2.05, 4.69) is 28.3 Å². The Bertz CT molecular complexity index is 691. The van der Waals surface area contributed by atoms with Crippen molar-refractivity contribution in [3.8, 4) is 5.75 Å². The van der Waals surface area contributed by atoms with E-state index in [1.165, 1.54) is 12.5 Å². The Morgan fingerprint density at radius 2 is 2.11 bits per heavy atom. The lowest BCUT2D eigenvalue weighted by Crippen LogP contribution is -2.53. The molecule has 28 heavy (non-hydrogen) atoms. The van der Waals surface area contributed by atoms with Gasteiger partial charge >= 0.3 is 0 Å². The summed E-state index contributed by atoms with van der Waals surface area (Å²) in [5, 5.41) is 11.9. The van der Waals surface area contributed by atoms with Crippen molar-refractivity contribution in [3.63, 3.8) is 0 Å². The molecule has 0 aliphatic carbocycles. The van der Waals surface area contributed by atoms with Crippen LogP contribution in [0.2, 0.25) is 0 Å². The number of aliphatic hydroxyl groups excluding tert-OH is 1. The Balaban J connectivity index is 1.60. The first-order valence-electron chi connectivity index (χ1n) is 9.82. The number of nitrogens with one attached hydrogen (secondary N) is 3. The molecule has 2 saturated heterocycles. The van der Waals surface area contributed by atoms with Crippen LogP contribution in [0, 0.1) is 5.92 Å². The van der Waals surface area contributed by atoms with Crippen LogP contribution in [-0.2, 0) is 9.59 Å². The van der Waals surface area contributed by atoms with Crippen LogP contribution in [0.15, 0.2) is 24.3 Å². The lowest BCUT2D eigenvalue weighted by atomic mass is 9.80. The number of aliphatic hydroxyl groups is 1. The Morgan fingerprint density at radius 3 is 2.75 bits per heavy atom. The number of carbonyl (C=O) groups is 2. The third-order valence-corrected chi connectivity index (χ3v) is 5.76. The van der Waals surface area contributed by atoms with E-state index in [0.29, 0.717) is 24.9 Å². The molecule has 0 spiro atoms. The fraction of sp³-hybridized carbons (Fsp3) is 0.600. The molecule has 1 aromatic rings. The van der Waals surface area contributed by atoms with Crippen molar-refractivity contribution in [2.24, 2.45) is 5.92 Å². The molecular formula is C20H30N4O4. The van der Waals surface area contributed by atoms with Gasteiger partial charge in [0.05, 0.1) is 13.7 Å². The fourth-order valence-electron chi connectivity index (χ4n) is 4.29. The highest BCUT2D eigenvalue weighted by atomic mass is 16.5. The predicted octanol–water partition coefficient (Wildman–Crippen LogP) is -0.00920. The quantitative estimate of drug-likeness (QED) is 0.545. The first kappa shape index (κ1) is 20.6. The molecule has 2 aliphatic rings. The van der Waals surface area contributed by atoms with Crippen molar-refractivity contribution in [1.82, 2.24) is 21.1 Å². The highest BCUT2D eigenvalue weighted by molar-refractivity contribution is 5.87. The zero-order valence-electron chi connectivity index (χ0n) is 16.5. The van der Waals surface area contributed by atoms with E-state index in [1.54, 1.807) is 12.0 Å². The van der Waals surface area contributed by atoms with Crippen LogP contribution in [-0.4, -0.2) is 67.3 Å². The van der Waals surface area contributed by atoms with Gasteiger partial charge in [-0.2, -0.15) is 0 Å². The molecule has 1 aromatic carbocycles. The van der Waals surface area contributed by atoms with Gasteiger partial charge in [-0.25, -0.2) is 0 Å². The molecule has 3 unspecified atom stereocenters. The van der Waals surface area contributed by atoms with Gasteiger partial charge in [-0.3, -0.25) is 20.4 Å². The number of rotatable bonds is 6. The average molecular weight is 390 g/mol. The van der Waals surface area contributed by atoms with Gasteiger partial charge in [0.2, 0.25) is 11.8 Å². The summed E-state index contributed by atoms with van der Waals surface area (Å²) in [5.41, 5.74) is 7.95. The van der Waals surface area contributed by atoms with Crippen LogP contribution in [0.1, 0.15) is 31.2 Å². The Labute approximate surface area is 165 Å². The third kappa shape index (κ3) is 4.63. The van der Waals surface area contributed by atoms with Crippen molar-refractivity contribution in [2.75, 3.05) is 33.4 Å². The standard InChI is InChI=1S/C20H30N4O4/c1-13(26)22-18(12-25)20(27)24-8-6-14(7-9-24)19-17(11-21-23-19)15-4-3-5-16(10-15)28-2/h3-5,10,14,17-19,21,23,25H,6-9,11-12H2,1-2H3,(H,22,26). The number of hydrazine groups is 1. The van der Waals surface area contributed by atoms with Crippen LogP contribution in [0.5, 0.6) is 5.75 Å². The molecule has 8 nitrogen and oxygen atoms in total. The topological polar surface area (TPSA) is 103 Å². The number of nitrogens with zero attached hydrogens (tertiary/aromatic N) is 1. The van der Waals surface area contributed by atoms with E-state index in [1.807, 2.05) is 12.1 Å². The number of likely N-dealkylation sites (tertiary alicyclic amines) is 1. The van der Waals surface area contributed by atoms with Crippen molar-refractivity contribution in [3.05, 3.63) is 29.8 Å². The van der Waals surface area contributed by atoms with Crippen LogP contribution < -0.4 is 20.9 Å². The van der Waals surface area contributed by atoms with E-state index >= 15 is 0 Å². The van der Waals surface area contributed by atoms with Crippen molar-refractivity contribution in [2.45, 2.75) is 37.8 Å². The Kier molecular flexibility index (Phi) is 6.88. The van der Waals surface area contributed by atoms with Crippen molar-refractivity contribution < 1.29 is 19.4 Å². The predicted molar refractivity (Wildman–Crippen MR) is 105 cm³/mol. The molecule has 3 atom stereocenters. The van der Waals surface area contributed by atoms with Gasteiger partial charge in [-0.1, -0.05) is 12.1 Å². The van der Waals surface area contributed by atoms with Crippen molar-refractivity contribution >= 4 is 11.8 Å². The van der Waals surface area contributed by atoms with Crippen molar-refractivity contribution in [1.29, 1.82) is 0 Å². The van der Waals surface area contributed by atoms with Gasteiger partial charge in [-0.05, 0) is 36.5 Å². The molecule has 8 heteroatoms. The van der Waals surface area contributed by atoms with Gasteiger partial charge < -0.3 is 20.1 Å². The summed E-state index contributed by atoms with van der Waals surface area (Å²) in [6.07, 6.45) is 1.76. The zero-order valence-corrected chi connectivity index (χ0v) is 16.5. The van der Waals surface area contributed by atoms with E-state index in [9.17, 15) is 14.7 Å². The molecule has 2 fully saturated rings. The average Bonchev–Trinajstić information content (AvgIpc) is 3.21. The summed E-state index contributed by atoms with van der Waals surface area (Å²) in [4.78, 5) is 25.5. The molecule has 0 aromatic heterocycles. The molecular weight excluding hydrogens is 360 g/mol. The van der Waals surface area contributed by atoms with Gasteiger partial charge in [-0.15, -0.1) is 0 Å². The van der Waals surface area contributed by atoms with Crippen LogP contribution in [0.3, 0.4) is 0 Å². The van der Waals surface area contributed by atoms with Crippen LogP contribution in [0.4, 0.5) is 0 Å². The highest BCUT2D eigenvalue weighted by Crippen LogP contribution is 2.33. The number of piperidine rings is 1. The third-order valence-electron chi connectivity index (χ3n) is 5.76. The lowest BCUT2D eigenvalue weighted by molar-refractivity contribution is -0.138. The number of methoxy groups -OCH3 is 1. The highest BCUT2D eigenvalue weighted by Gasteiger charge is 2.37. The van der Waals surface area contributed by atoms with Crippen LogP contribution in [0.25, 0.3) is 0 Å². The molecule has 3 rings (SSSR count). The molecule has 2 amide bonds. The summed E-state index contributed by atoms with van der Waals surface area (Å²) in [7, 11) is 1.68. The second-order valence-electron chi connectivity index (χ2n) is 7.53. The molecule has 0 bridgehead atoms. The van der Waals surface area contributed by atoms with Gasteiger partial charge in [0.25, 0.3) is 0 Å². The van der Waals surface area contributed by atoms with Crippen LogP contribution >= 0.6 is 0 Å². The number of ether oxygens (including phenoxy) is 1. The van der Waals surface area contributed by atoms with E-state index < -0.39 is 6.04 Å². The molecule has 0 radical (unpaired) electrons. The van der Waals surface area contributed by atoms with E-state index in [0.717, 1.165) is 25.1 Å². The summed E-state index contributed by atoms with van der Waals surface area (Å²) in [6, 6.07) is 7.61. The Hall–Kier alpha value is -2.16. The summed E-state index contributed by atoms with van der Waals surface area (Å²) >= 11 is 0. The number of amides is 2. The minimum atomic E-state index is -0.857. The lowest BCUT2D eigenvalue weighted by Gasteiger charge is -2.37. The maximum atomic E-state index is 12.6. The van der Waals surface area contributed by atoms with Gasteiger partial charge in [0, 0.05) is 38.5 Å². The molecule has 2 heterocycles. The van der Waals surface area contributed by atoms with E-state index in [4.69, 9.17) is 4.74 Å². The number of benzene rings is 1. The summed E-state index contributed by atoms with van der Waals surface area (Å²) in [6.45, 7) is 3.07. The number of hydrogen-bond acceptors (Lipinski definition) is 6. The zero-order chi connectivity index (χ0) is 20.1. The smallest absolute Gasteiger partial charge is 0.247 e. The minimum Gasteiger partial charge on any atom is -0.497 e. The molecule has 154 valence electrons. The first-order valence-corrected chi connectivity index (χ1v) is 9.82. The van der Waals surface area contributed by atoms with E-state index in [-0.39, 0.29) is 24.5 Å². The largest absolute Gasteiger partial charge is 0.497 e. The van der Waals surface area contributed by atoms with Gasteiger partial charge in [0.1, 0.15) is 11.8 Å². The summed E-state index contributed by atoms with van der Waals surface area (Å²) in [5.74, 6) is 1.11. The summed E-state index contributed by atoms with van der Waals surface area (Å²) < 4.78 is 5.36. The molecule has 0 saturated carbocycles. The second kappa shape index (κ2) is 9.36. The number of hydrogen-bond donors (Lipinski definition) is 4. The molecule has 4 N–H and O–H groups in total. The van der Waals surface area contributed by atoms with Gasteiger partial charge in [0.15, 0.2) is 0 Å². The fourth-order valence-corrected chi connectivity index (χ4v) is 4.29. The molecule has 2 aliphatic heterocycles. The number of carbonyl (C=O) groups excluding carboxylic acids is 2. The maximum absolute atomic E-state index is 12.6. The monoisotopic (exact) mass is 390 g/mol. The Morgan fingerprint density at radius 1 is 1.36 bits per heavy atom. The first-order chi connectivity index (χ1) is 13.5. The normalized spacial score (nSPS) is 24.0.